The molecule has 0 unspecified atom stereocenters. The molecule has 1 saturated heterocycles. The van der Waals surface area contributed by atoms with Crippen LogP contribution in [0.15, 0.2) is 18.2 Å². The van der Waals surface area contributed by atoms with Crippen LogP contribution in [0.3, 0.4) is 0 Å². The molecule has 5 rings (SSSR count). The van der Waals surface area contributed by atoms with Crippen LogP contribution >= 0.6 is 0 Å². The van der Waals surface area contributed by atoms with E-state index in [0.717, 1.165) is 47.5 Å². The molecule has 2 atom stereocenters. The highest BCUT2D eigenvalue weighted by Crippen LogP contribution is 2.48. The van der Waals surface area contributed by atoms with Crippen LogP contribution < -0.4 is 0 Å². The molecule has 188 valence electrons. The Morgan fingerprint density at radius 3 is 2.40 bits per heavy atom. The highest BCUT2D eigenvalue weighted by molar-refractivity contribution is 5.86. The predicted octanol–water partition coefficient (Wildman–Crippen LogP) is 5.14. The third-order valence-electron chi connectivity index (χ3n) is 8.44. The molecule has 0 spiro atoms. The first kappa shape index (κ1) is 24.2. The van der Waals surface area contributed by atoms with Crippen molar-refractivity contribution in [1.29, 1.82) is 0 Å². The normalized spacial score (nSPS) is 26.3. The quantitative estimate of drug-likeness (QED) is 0.529. The summed E-state index contributed by atoms with van der Waals surface area (Å²) in [5, 5.41) is 9.46. The Labute approximate surface area is 209 Å². The number of carbonyl (C=O) groups is 2. The van der Waals surface area contributed by atoms with Crippen LogP contribution in [0.25, 0.3) is 0 Å². The van der Waals surface area contributed by atoms with Crippen LogP contribution in [0.1, 0.15) is 99.1 Å². The second-order valence-corrected chi connectivity index (χ2v) is 11.9. The van der Waals surface area contributed by atoms with Gasteiger partial charge in [-0.05, 0) is 68.9 Å². The molecule has 0 bridgehead atoms. The molecule has 2 saturated carbocycles. The smallest absolute Gasteiger partial charge is 0.219 e. The Morgan fingerprint density at radius 2 is 1.77 bits per heavy atom. The fraction of sp³-hybridized carbons (Fsp3) is 0.655. The molecule has 6 nitrogen and oxygen atoms in total. The van der Waals surface area contributed by atoms with E-state index < -0.39 is 0 Å². The molecule has 35 heavy (non-hydrogen) atoms. The zero-order valence-corrected chi connectivity index (χ0v) is 22.0. The maximum atomic E-state index is 13.7. The molecule has 0 radical (unpaired) electrons. The van der Waals surface area contributed by atoms with Crippen molar-refractivity contribution in [3.63, 3.8) is 0 Å². The molecule has 1 aromatic carbocycles. The highest BCUT2D eigenvalue weighted by atomic mass is 16.2. The second kappa shape index (κ2) is 9.51. The molecule has 1 amide bonds. The summed E-state index contributed by atoms with van der Waals surface area (Å²) in [6, 6.07) is 6.74. The Morgan fingerprint density at radius 1 is 1.06 bits per heavy atom. The summed E-state index contributed by atoms with van der Waals surface area (Å²) in [5.41, 5.74) is 3.44. The lowest BCUT2D eigenvalue weighted by Gasteiger charge is -2.36. The van der Waals surface area contributed by atoms with Crippen molar-refractivity contribution >= 4 is 11.7 Å². The fourth-order valence-corrected chi connectivity index (χ4v) is 6.37. The van der Waals surface area contributed by atoms with E-state index in [1.165, 1.54) is 24.8 Å². The molecule has 1 aliphatic heterocycles. The Hall–Kier alpha value is -2.50. The van der Waals surface area contributed by atoms with Gasteiger partial charge in [0.2, 0.25) is 5.91 Å². The SMILES string of the molecule is CC(=O)N1C[C@H](C(=O)Cc2ccc(C)cc2C)[C@@H](c2nnc(C3CC(CC(C)C)C3)n2C2CC2)C1. The first-order valence-electron chi connectivity index (χ1n) is 13.5. The second-order valence-electron chi connectivity index (χ2n) is 11.9. The monoisotopic (exact) mass is 476 g/mol. The summed E-state index contributed by atoms with van der Waals surface area (Å²) in [5.74, 6) is 4.01. The average molecular weight is 477 g/mol. The molecule has 1 aromatic heterocycles. The van der Waals surface area contributed by atoms with Crippen LogP contribution in [-0.2, 0) is 16.0 Å². The van der Waals surface area contributed by atoms with Gasteiger partial charge in [0, 0.05) is 50.2 Å². The summed E-state index contributed by atoms with van der Waals surface area (Å²) in [6.45, 7) is 11.4. The van der Waals surface area contributed by atoms with Gasteiger partial charge in [0.15, 0.2) is 0 Å². The van der Waals surface area contributed by atoms with E-state index in [1.807, 2.05) is 4.90 Å². The maximum absolute atomic E-state index is 13.7. The molecule has 2 heterocycles. The van der Waals surface area contributed by atoms with E-state index in [2.05, 4.69) is 50.5 Å². The van der Waals surface area contributed by atoms with Crippen molar-refractivity contribution in [3.05, 3.63) is 46.5 Å². The third-order valence-corrected chi connectivity index (χ3v) is 8.44. The molecule has 2 aliphatic carbocycles. The van der Waals surface area contributed by atoms with Crippen LogP contribution in [0.4, 0.5) is 0 Å². The minimum absolute atomic E-state index is 0.0325. The van der Waals surface area contributed by atoms with Crippen LogP contribution in [0.2, 0.25) is 0 Å². The van der Waals surface area contributed by atoms with Crippen LogP contribution in [0, 0.1) is 31.6 Å². The fourth-order valence-electron chi connectivity index (χ4n) is 6.37. The zero-order chi connectivity index (χ0) is 24.9. The minimum Gasteiger partial charge on any atom is -0.341 e. The van der Waals surface area contributed by atoms with Gasteiger partial charge in [-0.2, -0.15) is 0 Å². The number of benzene rings is 1. The van der Waals surface area contributed by atoms with Gasteiger partial charge < -0.3 is 9.47 Å². The zero-order valence-electron chi connectivity index (χ0n) is 22.0. The molecule has 3 fully saturated rings. The van der Waals surface area contributed by atoms with Gasteiger partial charge in [-0.25, -0.2) is 0 Å². The van der Waals surface area contributed by atoms with Crippen molar-refractivity contribution in [2.24, 2.45) is 17.8 Å². The number of aromatic nitrogens is 3. The summed E-state index contributed by atoms with van der Waals surface area (Å²) >= 11 is 0. The van der Waals surface area contributed by atoms with E-state index in [0.29, 0.717) is 31.5 Å². The first-order valence-corrected chi connectivity index (χ1v) is 13.5. The van der Waals surface area contributed by atoms with Crippen molar-refractivity contribution in [2.45, 2.75) is 91.0 Å². The Bertz CT molecular complexity index is 1110. The number of aryl methyl sites for hydroxylation is 2. The number of hydrogen-bond acceptors (Lipinski definition) is 4. The molecule has 3 aliphatic rings. The average Bonchev–Trinajstić information content (AvgIpc) is 3.35. The number of likely N-dealkylation sites (tertiary alicyclic amines) is 1. The predicted molar refractivity (Wildman–Crippen MR) is 136 cm³/mol. The topological polar surface area (TPSA) is 68.1 Å². The van der Waals surface area contributed by atoms with Crippen molar-refractivity contribution in [3.8, 4) is 0 Å². The van der Waals surface area contributed by atoms with Crippen LogP contribution in [-0.4, -0.2) is 44.4 Å². The van der Waals surface area contributed by atoms with E-state index >= 15 is 0 Å². The lowest BCUT2D eigenvalue weighted by Crippen LogP contribution is -2.28. The molecular formula is C29H40N4O2. The summed E-state index contributed by atoms with van der Waals surface area (Å²) < 4.78 is 2.39. The van der Waals surface area contributed by atoms with Crippen LogP contribution in [0.5, 0.6) is 0 Å². The number of rotatable bonds is 8. The molecule has 2 aromatic rings. The van der Waals surface area contributed by atoms with E-state index in [9.17, 15) is 9.59 Å². The van der Waals surface area contributed by atoms with E-state index in [4.69, 9.17) is 10.2 Å². The number of hydrogen-bond donors (Lipinski definition) is 0. The summed E-state index contributed by atoms with van der Waals surface area (Å²) in [6.07, 6.45) is 6.40. The van der Waals surface area contributed by atoms with E-state index in [-0.39, 0.29) is 23.5 Å². The van der Waals surface area contributed by atoms with Crippen molar-refractivity contribution in [1.82, 2.24) is 19.7 Å². The van der Waals surface area contributed by atoms with Gasteiger partial charge in [-0.3, -0.25) is 9.59 Å². The van der Waals surface area contributed by atoms with Gasteiger partial charge in [0.25, 0.3) is 0 Å². The minimum atomic E-state index is -0.232. The Balaban J connectivity index is 1.40. The van der Waals surface area contributed by atoms with Gasteiger partial charge >= 0.3 is 0 Å². The maximum Gasteiger partial charge on any atom is 0.219 e. The van der Waals surface area contributed by atoms with E-state index in [1.54, 1.807) is 6.92 Å². The third kappa shape index (κ3) is 4.94. The highest BCUT2D eigenvalue weighted by Gasteiger charge is 2.45. The number of ketones is 1. The number of carbonyl (C=O) groups excluding carboxylic acids is 2. The largest absolute Gasteiger partial charge is 0.341 e. The molecule has 0 N–H and O–H groups in total. The van der Waals surface area contributed by atoms with Crippen molar-refractivity contribution in [2.75, 3.05) is 13.1 Å². The van der Waals surface area contributed by atoms with Gasteiger partial charge in [0.05, 0.1) is 0 Å². The number of amides is 1. The molecule has 6 heteroatoms. The number of Topliss-reactive ketones (excluding diaryl/α,β-unsaturated/α-hetero) is 1. The Kier molecular flexibility index (Phi) is 6.58. The number of nitrogens with zero attached hydrogens (tertiary/aromatic N) is 4. The summed E-state index contributed by atoms with van der Waals surface area (Å²) in [4.78, 5) is 27.8. The standard InChI is InChI=1S/C29H40N4O2/c1-17(2)10-21-12-23(13-21)28-30-31-29(33(28)24-8-9-24)26-16-32(20(5)34)15-25(26)27(35)14-22-7-6-18(3)11-19(22)4/h6-7,11,17,21,23-26H,8-10,12-16H2,1-5H3/t21?,23?,25-,26-/m0/s1. The van der Waals surface area contributed by atoms with Gasteiger partial charge in [-0.1, -0.05) is 37.6 Å². The van der Waals surface area contributed by atoms with Gasteiger partial charge in [-0.15, -0.1) is 10.2 Å². The lowest BCUT2D eigenvalue weighted by atomic mass is 9.71. The van der Waals surface area contributed by atoms with Crippen molar-refractivity contribution < 1.29 is 9.59 Å². The van der Waals surface area contributed by atoms with Gasteiger partial charge in [0.1, 0.15) is 17.4 Å². The first-order chi connectivity index (χ1) is 16.7. The lowest BCUT2D eigenvalue weighted by molar-refractivity contribution is -0.128. The summed E-state index contributed by atoms with van der Waals surface area (Å²) in [7, 11) is 0. The molecular weight excluding hydrogens is 436 g/mol.